The Bertz CT molecular complexity index is 434. The first kappa shape index (κ1) is 14.7. The quantitative estimate of drug-likeness (QED) is 0.599. The van der Waals surface area contributed by atoms with Gasteiger partial charge in [0.25, 0.3) is 5.91 Å². The molecule has 1 unspecified atom stereocenters. The highest BCUT2D eigenvalue weighted by atomic mass is 32.2. The van der Waals surface area contributed by atoms with Gasteiger partial charge < -0.3 is 20.6 Å². The third kappa shape index (κ3) is 4.12. The molecule has 0 saturated heterocycles. The molecule has 0 fully saturated rings. The van der Waals surface area contributed by atoms with Gasteiger partial charge in [0.1, 0.15) is 0 Å². The second-order valence-electron chi connectivity index (χ2n) is 4.32. The molecule has 0 radical (unpaired) electrons. The first-order valence-corrected chi connectivity index (χ1v) is 6.76. The lowest BCUT2D eigenvalue weighted by molar-refractivity contribution is 0.0725. The third-order valence-corrected chi connectivity index (χ3v) is 3.23. The third-order valence-electron chi connectivity index (χ3n) is 2.32. The second-order valence-corrected chi connectivity index (χ2v) is 5.18. The Morgan fingerprint density at radius 1 is 1.39 bits per heavy atom. The Kier molecular flexibility index (Phi) is 4.86. The lowest BCUT2D eigenvalue weighted by atomic mass is 10.1. The molecule has 1 amide bonds. The van der Waals surface area contributed by atoms with Crippen LogP contribution < -0.4 is 5.32 Å². The van der Waals surface area contributed by atoms with Crippen molar-refractivity contribution in [3.05, 3.63) is 23.8 Å². The smallest absolute Gasteiger partial charge is 0.251 e. The number of hydrogen-bond acceptors (Lipinski definition) is 5. The monoisotopic (exact) mass is 271 g/mol. The van der Waals surface area contributed by atoms with Crippen LogP contribution in [-0.4, -0.2) is 45.4 Å². The van der Waals surface area contributed by atoms with E-state index in [1.165, 1.54) is 30.0 Å². The van der Waals surface area contributed by atoms with Gasteiger partial charge in [0.05, 0.1) is 5.60 Å². The summed E-state index contributed by atoms with van der Waals surface area (Å²) in [7, 11) is 0. The van der Waals surface area contributed by atoms with Crippen molar-refractivity contribution in [1.82, 2.24) is 5.32 Å². The topological polar surface area (TPSA) is 89.8 Å². The highest BCUT2D eigenvalue weighted by molar-refractivity contribution is 7.98. The Balaban J connectivity index is 2.63. The van der Waals surface area contributed by atoms with Crippen LogP contribution in [0, 0.1) is 0 Å². The molecule has 1 aromatic rings. The summed E-state index contributed by atoms with van der Waals surface area (Å²) in [6.45, 7) is 1.76. The fourth-order valence-corrected chi connectivity index (χ4v) is 2.12. The van der Waals surface area contributed by atoms with Crippen LogP contribution in [0.2, 0.25) is 0 Å². The van der Waals surface area contributed by atoms with Gasteiger partial charge in [-0.25, -0.2) is 0 Å². The molecule has 18 heavy (non-hydrogen) atoms. The van der Waals surface area contributed by atoms with Crippen molar-refractivity contribution in [1.29, 1.82) is 0 Å². The summed E-state index contributed by atoms with van der Waals surface area (Å²) in [5.74, 6) is -0.528. The summed E-state index contributed by atoms with van der Waals surface area (Å²) in [6.07, 6.45) is 1.87. The molecule has 0 aromatic heterocycles. The minimum absolute atomic E-state index is 0.119. The maximum absolute atomic E-state index is 11.7. The normalized spacial score (nSPS) is 13.9. The van der Waals surface area contributed by atoms with E-state index in [-0.39, 0.29) is 23.6 Å². The molecule has 5 nitrogen and oxygen atoms in total. The minimum atomic E-state index is -0.978. The predicted molar refractivity (Wildman–Crippen MR) is 71.1 cm³/mol. The highest BCUT2D eigenvalue weighted by Gasteiger charge is 2.21. The van der Waals surface area contributed by atoms with Crippen molar-refractivity contribution in [3.63, 3.8) is 0 Å². The van der Waals surface area contributed by atoms with Crippen LogP contribution in [0.1, 0.15) is 17.3 Å². The van der Waals surface area contributed by atoms with Crippen molar-refractivity contribution in [2.45, 2.75) is 12.5 Å². The van der Waals surface area contributed by atoms with E-state index in [9.17, 15) is 15.0 Å². The summed E-state index contributed by atoms with van der Waals surface area (Å²) >= 11 is 1.49. The van der Waals surface area contributed by atoms with Crippen molar-refractivity contribution in [2.24, 2.45) is 0 Å². The zero-order chi connectivity index (χ0) is 13.8. The number of carbonyl (C=O) groups excluding carboxylic acids is 1. The standard InChI is InChI=1S/C12H17NO4S/c1-12(17,7-18-2)6-13-11(16)8-3-4-9(14)10(15)5-8/h3-5,14-15,17H,6-7H2,1-2H3,(H,13,16). The van der Waals surface area contributed by atoms with Crippen LogP contribution in [0.4, 0.5) is 0 Å². The predicted octanol–water partition coefficient (Wildman–Crippen LogP) is 0.942. The Hall–Kier alpha value is -1.40. The fourth-order valence-electron chi connectivity index (χ4n) is 1.40. The SMILES string of the molecule is CSCC(C)(O)CNC(=O)c1ccc(O)c(O)c1. The van der Waals surface area contributed by atoms with Gasteiger partial charge in [-0.1, -0.05) is 0 Å². The molecule has 0 saturated carbocycles. The number of amides is 1. The van der Waals surface area contributed by atoms with E-state index in [0.717, 1.165) is 0 Å². The zero-order valence-corrected chi connectivity index (χ0v) is 11.1. The molecule has 1 aromatic carbocycles. The molecule has 100 valence electrons. The molecule has 0 heterocycles. The van der Waals surface area contributed by atoms with Gasteiger partial charge in [0.15, 0.2) is 11.5 Å². The maximum Gasteiger partial charge on any atom is 0.251 e. The minimum Gasteiger partial charge on any atom is -0.504 e. The van der Waals surface area contributed by atoms with Gasteiger partial charge in [0.2, 0.25) is 0 Å². The van der Waals surface area contributed by atoms with Crippen LogP contribution in [0.5, 0.6) is 11.5 Å². The van der Waals surface area contributed by atoms with E-state index in [0.29, 0.717) is 5.75 Å². The van der Waals surface area contributed by atoms with E-state index in [1.54, 1.807) is 6.92 Å². The molecular weight excluding hydrogens is 254 g/mol. The average molecular weight is 271 g/mol. The molecule has 0 aliphatic carbocycles. The van der Waals surface area contributed by atoms with Gasteiger partial charge in [-0.2, -0.15) is 11.8 Å². The molecule has 0 bridgehead atoms. The highest BCUT2D eigenvalue weighted by Crippen LogP contribution is 2.24. The lowest BCUT2D eigenvalue weighted by Gasteiger charge is -2.22. The maximum atomic E-state index is 11.7. The number of nitrogens with one attached hydrogen (secondary N) is 1. The Morgan fingerprint density at radius 3 is 2.61 bits per heavy atom. The van der Waals surface area contributed by atoms with E-state index >= 15 is 0 Å². The van der Waals surface area contributed by atoms with Gasteiger partial charge >= 0.3 is 0 Å². The van der Waals surface area contributed by atoms with E-state index in [2.05, 4.69) is 5.32 Å². The van der Waals surface area contributed by atoms with Crippen LogP contribution in [0.25, 0.3) is 0 Å². The first-order chi connectivity index (χ1) is 8.35. The summed E-state index contributed by atoms with van der Waals surface area (Å²) in [5, 5.41) is 30.9. The Morgan fingerprint density at radius 2 is 2.06 bits per heavy atom. The molecule has 1 rings (SSSR count). The van der Waals surface area contributed by atoms with Gasteiger partial charge in [-0.3, -0.25) is 4.79 Å². The number of phenols is 2. The number of aliphatic hydroxyl groups is 1. The van der Waals surface area contributed by atoms with Crippen molar-refractivity contribution >= 4 is 17.7 Å². The fraction of sp³-hybridized carbons (Fsp3) is 0.417. The van der Waals surface area contributed by atoms with Crippen molar-refractivity contribution in [3.8, 4) is 11.5 Å². The number of benzene rings is 1. The summed E-state index contributed by atoms with van der Waals surface area (Å²) in [4.78, 5) is 11.7. The van der Waals surface area contributed by atoms with E-state index in [1.807, 2.05) is 6.26 Å². The van der Waals surface area contributed by atoms with Gasteiger partial charge in [-0.15, -0.1) is 0 Å². The number of thioether (sulfide) groups is 1. The number of aromatic hydroxyl groups is 2. The van der Waals surface area contributed by atoms with Crippen molar-refractivity contribution < 1.29 is 20.1 Å². The zero-order valence-electron chi connectivity index (χ0n) is 10.3. The van der Waals surface area contributed by atoms with E-state index in [4.69, 9.17) is 5.11 Å². The number of rotatable bonds is 5. The molecule has 6 heteroatoms. The van der Waals surface area contributed by atoms with Gasteiger partial charge in [0, 0.05) is 17.9 Å². The molecular formula is C12H17NO4S. The number of hydrogen-bond donors (Lipinski definition) is 4. The largest absolute Gasteiger partial charge is 0.504 e. The van der Waals surface area contributed by atoms with Crippen molar-refractivity contribution in [2.75, 3.05) is 18.6 Å². The summed E-state index contributed by atoms with van der Waals surface area (Å²) in [5.41, 5.74) is -0.751. The number of phenolic OH excluding ortho intramolecular Hbond substituents is 2. The van der Waals surface area contributed by atoms with Crippen LogP contribution in [0.3, 0.4) is 0 Å². The molecule has 0 aliphatic heterocycles. The molecule has 0 aliphatic rings. The average Bonchev–Trinajstić information content (AvgIpc) is 2.30. The lowest BCUT2D eigenvalue weighted by Crippen LogP contribution is -2.42. The van der Waals surface area contributed by atoms with Crippen LogP contribution in [-0.2, 0) is 0 Å². The van der Waals surface area contributed by atoms with Crippen LogP contribution in [0.15, 0.2) is 18.2 Å². The van der Waals surface area contributed by atoms with Gasteiger partial charge in [-0.05, 0) is 31.4 Å². The summed E-state index contributed by atoms with van der Waals surface area (Å²) < 4.78 is 0. The van der Waals surface area contributed by atoms with E-state index < -0.39 is 11.5 Å². The second kappa shape index (κ2) is 5.97. The summed E-state index contributed by atoms with van der Waals surface area (Å²) in [6, 6.07) is 3.81. The first-order valence-electron chi connectivity index (χ1n) is 5.37. The Labute approximate surface area is 110 Å². The molecule has 4 N–H and O–H groups in total. The number of carbonyl (C=O) groups is 1. The molecule has 1 atom stereocenters. The van der Waals surface area contributed by atoms with Crippen LogP contribution >= 0.6 is 11.8 Å². The molecule has 0 spiro atoms.